The number of ether oxygens (including phenoxy) is 2. The zero-order valence-corrected chi connectivity index (χ0v) is 13.2. The molecule has 0 radical (unpaired) electrons. The van der Waals surface area contributed by atoms with E-state index < -0.39 is 0 Å². The Balaban J connectivity index is 1.93. The number of hydrazone groups is 1. The van der Waals surface area contributed by atoms with E-state index in [1.807, 2.05) is 48.5 Å². The maximum Gasteiger partial charge on any atom is 0.191 e. The van der Waals surface area contributed by atoms with Crippen molar-refractivity contribution in [1.82, 2.24) is 5.43 Å². The van der Waals surface area contributed by atoms with E-state index >= 15 is 0 Å². The maximum absolute atomic E-state index is 5.24. The number of hydrogen-bond donors (Lipinski definition) is 2. The van der Waals surface area contributed by atoms with Crippen LogP contribution in [0.1, 0.15) is 5.56 Å². The molecule has 2 aromatic rings. The van der Waals surface area contributed by atoms with Crippen LogP contribution >= 0.6 is 12.2 Å². The molecule has 0 atom stereocenters. The number of anilines is 1. The summed E-state index contributed by atoms with van der Waals surface area (Å²) in [5.41, 5.74) is 4.54. The van der Waals surface area contributed by atoms with Gasteiger partial charge in [0.1, 0.15) is 0 Å². The lowest BCUT2D eigenvalue weighted by atomic mass is 10.2. The molecule has 0 amide bonds. The summed E-state index contributed by atoms with van der Waals surface area (Å²) in [5.74, 6) is 1.32. The van der Waals surface area contributed by atoms with Gasteiger partial charge in [-0.3, -0.25) is 5.43 Å². The molecule has 0 heterocycles. The molecule has 5 nitrogen and oxygen atoms in total. The Bertz CT molecular complexity index is 660. The minimum absolute atomic E-state index is 0.419. The van der Waals surface area contributed by atoms with Crippen molar-refractivity contribution in [3.8, 4) is 11.5 Å². The molecular formula is C16H17N3O2S. The average Bonchev–Trinajstić information content (AvgIpc) is 2.55. The van der Waals surface area contributed by atoms with Crippen molar-refractivity contribution < 1.29 is 9.47 Å². The number of benzene rings is 2. The molecule has 2 aromatic carbocycles. The third-order valence-electron chi connectivity index (χ3n) is 2.82. The highest BCUT2D eigenvalue weighted by molar-refractivity contribution is 7.80. The van der Waals surface area contributed by atoms with Crippen molar-refractivity contribution in [2.75, 3.05) is 19.5 Å². The fraction of sp³-hybridized carbons (Fsp3) is 0.125. The number of hydrogen-bond acceptors (Lipinski definition) is 4. The number of rotatable bonds is 5. The van der Waals surface area contributed by atoms with Crippen molar-refractivity contribution in [1.29, 1.82) is 0 Å². The van der Waals surface area contributed by atoms with Gasteiger partial charge >= 0.3 is 0 Å². The van der Waals surface area contributed by atoms with Gasteiger partial charge in [0.25, 0.3) is 0 Å². The Morgan fingerprint density at radius 1 is 1.05 bits per heavy atom. The van der Waals surface area contributed by atoms with E-state index in [2.05, 4.69) is 15.8 Å². The first-order chi connectivity index (χ1) is 10.7. The third kappa shape index (κ3) is 4.46. The molecular weight excluding hydrogens is 298 g/mol. The Hall–Kier alpha value is -2.60. The molecule has 0 aliphatic rings. The number of para-hydroxylation sites is 1. The van der Waals surface area contributed by atoms with E-state index in [1.54, 1.807) is 20.4 Å². The first kappa shape index (κ1) is 15.8. The van der Waals surface area contributed by atoms with Crippen LogP contribution in [0.2, 0.25) is 0 Å². The summed E-state index contributed by atoms with van der Waals surface area (Å²) in [5, 5.41) is 7.54. The Labute approximate surface area is 134 Å². The van der Waals surface area contributed by atoms with Crippen LogP contribution in [0.5, 0.6) is 11.5 Å². The van der Waals surface area contributed by atoms with Gasteiger partial charge < -0.3 is 14.8 Å². The fourth-order valence-corrected chi connectivity index (χ4v) is 1.95. The highest BCUT2D eigenvalue weighted by atomic mass is 32.1. The standard InChI is InChI=1S/C16H17N3O2S/c1-20-14-9-8-12(10-15(14)21-2)11-17-19-16(22)18-13-6-4-3-5-7-13/h3-11H,1-2H3,(H2,18,19,22)/b17-11+. The molecule has 114 valence electrons. The smallest absolute Gasteiger partial charge is 0.191 e. The summed E-state index contributed by atoms with van der Waals surface area (Å²) >= 11 is 5.16. The highest BCUT2D eigenvalue weighted by Crippen LogP contribution is 2.26. The van der Waals surface area contributed by atoms with E-state index in [-0.39, 0.29) is 0 Å². The average molecular weight is 315 g/mol. The van der Waals surface area contributed by atoms with Crippen molar-refractivity contribution in [2.45, 2.75) is 0 Å². The minimum Gasteiger partial charge on any atom is -0.493 e. The summed E-state index contributed by atoms with van der Waals surface area (Å²) in [6.45, 7) is 0. The van der Waals surface area contributed by atoms with Crippen molar-refractivity contribution in [2.24, 2.45) is 5.10 Å². The van der Waals surface area contributed by atoms with Gasteiger partial charge in [0.05, 0.1) is 20.4 Å². The van der Waals surface area contributed by atoms with E-state index in [1.165, 1.54) is 0 Å². The SMILES string of the molecule is COc1ccc(/C=N/NC(=S)Nc2ccccc2)cc1OC. The van der Waals surface area contributed by atoms with Crippen LogP contribution in [0.25, 0.3) is 0 Å². The molecule has 2 N–H and O–H groups in total. The van der Waals surface area contributed by atoms with Gasteiger partial charge in [0.15, 0.2) is 16.6 Å². The van der Waals surface area contributed by atoms with Gasteiger partial charge in [-0.1, -0.05) is 18.2 Å². The molecule has 0 aromatic heterocycles. The Morgan fingerprint density at radius 3 is 2.45 bits per heavy atom. The van der Waals surface area contributed by atoms with Crippen LogP contribution in [0, 0.1) is 0 Å². The molecule has 0 spiro atoms. The zero-order chi connectivity index (χ0) is 15.8. The molecule has 6 heteroatoms. The third-order valence-corrected chi connectivity index (χ3v) is 3.01. The van der Waals surface area contributed by atoms with E-state index in [0.29, 0.717) is 16.6 Å². The number of methoxy groups -OCH3 is 2. The normalized spacial score (nSPS) is 10.3. The first-order valence-electron chi connectivity index (χ1n) is 6.60. The van der Waals surface area contributed by atoms with Crippen LogP contribution in [0.15, 0.2) is 53.6 Å². The number of nitrogens with zero attached hydrogens (tertiary/aromatic N) is 1. The largest absolute Gasteiger partial charge is 0.493 e. The molecule has 0 saturated carbocycles. The molecule has 0 aliphatic carbocycles. The van der Waals surface area contributed by atoms with Crippen molar-refractivity contribution >= 4 is 29.2 Å². The van der Waals surface area contributed by atoms with Gasteiger partial charge in [0, 0.05) is 5.69 Å². The molecule has 0 fully saturated rings. The van der Waals surface area contributed by atoms with Gasteiger partial charge in [-0.15, -0.1) is 0 Å². The topological polar surface area (TPSA) is 54.9 Å². The van der Waals surface area contributed by atoms with Crippen LogP contribution in [-0.4, -0.2) is 25.5 Å². The molecule has 2 rings (SSSR count). The Kier molecular flexibility index (Phi) is 5.73. The van der Waals surface area contributed by atoms with E-state index in [0.717, 1.165) is 11.3 Å². The van der Waals surface area contributed by atoms with Crippen molar-refractivity contribution in [3.63, 3.8) is 0 Å². The van der Waals surface area contributed by atoms with Crippen LogP contribution in [-0.2, 0) is 0 Å². The second-order valence-electron chi connectivity index (χ2n) is 4.30. The van der Waals surface area contributed by atoms with E-state index in [4.69, 9.17) is 21.7 Å². The zero-order valence-electron chi connectivity index (χ0n) is 12.4. The lowest BCUT2D eigenvalue weighted by molar-refractivity contribution is 0.355. The monoisotopic (exact) mass is 315 g/mol. The minimum atomic E-state index is 0.419. The summed E-state index contributed by atoms with van der Waals surface area (Å²) in [7, 11) is 3.19. The van der Waals surface area contributed by atoms with Gasteiger partial charge in [0.2, 0.25) is 0 Å². The lowest BCUT2D eigenvalue weighted by Gasteiger charge is -2.08. The van der Waals surface area contributed by atoms with E-state index in [9.17, 15) is 0 Å². The lowest BCUT2D eigenvalue weighted by Crippen LogP contribution is -2.23. The number of thiocarbonyl (C=S) groups is 1. The quantitative estimate of drug-likeness (QED) is 0.505. The summed E-state index contributed by atoms with van der Waals surface area (Å²) in [6, 6.07) is 15.2. The van der Waals surface area contributed by atoms with Crippen molar-refractivity contribution in [3.05, 3.63) is 54.1 Å². The van der Waals surface area contributed by atoms with Crippen LogP contribution < -0.4 is 20.2 Å². The number of nitrogens with one attached hydrogen (secondary N) is 2. The summed E-state index contributed by atoms with van der Waals surface area (Å²) < 4.78 is 10.4. The molecule has 0 aliphatic heterocycles. The predicted molar refractivity (Wildman–Crippen MR) is 92.9 cm³/mol. The maximum atomic E-state index is 5.24. The second-order valence-corrected chi connectivity index (χ2v) is 4.71. The van der Waals surface area contributed by atoms with Crippen LogP contribution in [0.3, 0.4) is 0 Å². The summed E-state index contributed by atoms with van der Waals surface area (Å²) in [6.07, 6.45) is 1.65. The van der Waals surface area contributed by atoms with Gasteiger partial charge in [-0.2, -0.15) is 5.10 Å². The fourth-order valence-electron chi connectivity index (χ4n) is 1.78. The molecule has 0 unspecified atom stereocenters. The predicted octanol–water partition coefficient (Wildman–Crippen LogP) is 3.02. The second kappa shape index (κ2) is 7.99. The molecule has 0 saturated heterocycles. The Morgan fingerprint density at radius 2 is 1.77 bits per heavy atom. The molecule has 0 bridgehead atoms. The molecule has 22 heavy (non-hydrogen) atoms. The first-order valence-corrected chi connectivity index (χ1v) is 7.01. The van der Waals surface area contributed by atoms with Gasteiger partial charge in [-0.25, -0.2) is 0 Å². The highest BCUT2D eigenvalue weighted by Gasteiger charge is 2.03. The summed E-state index contributed by atoms with van der Waals surface area (Å²) in [4.78, 5) is 0. The van der Waals surface area contributed by atoms with Crippen LogP contribution in [0.4, 0.5) is 5.69 Å². The van der Waals surface area contributed by atoms with Gasteiger partial charge in [-0.05, 0) is 48.1 Å².